The van der Waals surface area contributed by atoms with Gasteiger partial charge < -0.3 is 4.79 Å². The second-order valence-electron chi connectivity index (χ2n) is 2.44. The molecule has 0 aliphatic carbocycles. The van der Waals surface area contributed by atoms with Crippen molar-refractivity contribution in [2.45, 2.75) is 25.4 Å². The number of rotatable bonds is 4. The minimum absolute atomic E-state index is 0.0451. The van der Waals surface area contributed by atoms with Crippen LogP contribution in [0, 0.1) is 0 Å². The van der Waals surface area contributed by atoms with Crippen LogP contribution in [-0.4, -0.2) is 19.0 Å². The van der Waals surface area contributed by atoms with Crippen LogP contribution in [0.5, 0.6) is 0 Å². The van der Waals surface area contributed by atoms with E-state index in [-0.39, 0.29) is 6.10 Å². The van der Waals surface area contributed by atoms with Crippen molar-refractivity contribution >= 4 is 6.29 Å². The highest BCUT2D eigenvalue weighted by Crippen LogP contribution is 2.09. The van der Waals surface area contributed by atoms with E-state index in [0.717, 1.165) is 19.1 Å². The molecule has 1 heterocycles. The Morgan fingerprint density at radius 2 is 2.55 bits per heavy atom. The molecule has 11 heavy (non-hydrogen) atoms. The van der Waals surface area contributed by atoms with Gasteiger partial charge in [-0.15, -0.1) is 0 Å². The SMILES string of the molecule is O=CCCCC1C=CCOO1. The summed E-state index contributed by atoms with van der Waals surface area (Å²) < 4.78 is 0. The van der Waals surface area contributed by atoms with Gasteiger partial charge in [0, 0.05) is 6.42 Å². The van der Waals surface area contributed by atoms with Crippen molar-refractivity contribution in [3.63, 3.8) is 0 Å². The van der Waals surface area contributed by atoms with Gasteiger partial charge in [-0.3, -0.25) is 0 Å². The molecule has 0 aromatic heterocycles. The topological polar surface area (TPSA) is 35.5 Å². The summed E-state index contributed by atoms with van der Waals surface area (Å²) in [6.07, 6.45) is 7.19. The van der Waals surface area contributed by atoms with Crippen molar-refractivity contribution in [3.8, 4) is 0 Å². The van der Waals surface area contributed by atoms with Gasteiger partial charge in [0.1, 0.15) is 19.0 Å². The average molecular weight is 156 g/mol. The smallest absolute Gasteiger partial charge is 0.119 e. The Labute approximate surface area is 65.9 Å². The minimum Gasteiger partial charge on any atom is -0.303 e. The lowest BCUT2D eigenvalue weighted by molar-refractivity contribution is -0.313. The van der Waals surface area contributed by atoms with Gasteiger partial charge in [-0.05, 0) is 12.8 Å². The molecule has 62 valence electrons. The van der Waals surface area contributed by atoms with E-state index in [4.69, 9.17) is 9.78 Å². The van der Waals surface area contributed by atoms with E-state index in [9.17, 15) is 4.79 Å². The fourth-order valence-corrected chi connectivity index (χ4v) is 0.952. The van der Waals surface area contributed by atoms with E-state index in [2.05, 4.69) is 0 Å². The molecule has 0 fully saturated rings. The molecular formula is C8H12O3. The van der Waals surface area contributed by atoms with Crippen LogP contribution in [0.25, 0.3) is 0 Å². The highest BCUT2D eigenvalue weighted by Gasteiger charge is 2.08. The van der Waals surface area contributed by atoms with Gasteiger partial charge in [-0.25, -0.2) is 9.78 Å². The van der Waals surface area contributed by atoms with Crippen molar-refractivity contribution in [2.75, 3.05) is 6.61 Å². The summed E-state index contributed by atoms with van der Waals surface area (Å²) in [4.78, 5) is 19.6. The summed E-state index contributed by atoms with van der Waals surface area (Å²) in [6, 6.07) is 0. The molecule has 0 amide bonds. The molecule has 1 aliphatic heterocycles. The largest absolute Gasteiger partial charge is 0.303 e. The van der Waals surface area contributed by atoms with Crippen molar-refractivity contribution in [3.05, 3.63) is 12.2 Å². The van der Waals surface area contributed by atoms with Crippen LogP contribution in [0.1, 0.15) is 19.3 Å². The molecule has 0 N–H and O–H groups in total. The second kappa shape index (κ2) is 5.04. The lowest BCUT2D eigenvalue weighted by Gasteiger charge is -2.14. The molecule has 0 radical (unpaired) electrons. The standard InChI is InChI=1S/C8H12O3/c9-6-2-1-4-8-5-3-7-10-11-8/h3,5-6,8H,1-2,4,7H2. The van der Waals surface area contributed by atoms with E-state index in [1.165, 1.54) is 0 Å². The first-order chi connectivity index (χ1) is 5.43. The molecule has 1 aliphatic rings. The summed E-state index contributed by atoms with van der Waals surface area (Å²) in [5, 5.41) is 0. The zero-order valence-corrected chi connectivity index (χ0v) is 6.36. The summed E-state index contributed by atoms with van der Waals surface area (Å²) in [6.45, 7) is 0.532. The van der Waals surface area contributed by atoms with Gasteiger partial charge >= 0.3 is 0 Å². The first-order valence-electron chi connectivity index (χ1n) is 3.82. The van der Waals surface area contributed by atoms with E-state index >= 15 is 0 Å². The van der Waals surface area contributed by atoms with Crippen LogP contribution in [0.2, 0.25) is 0 Å². The summed E-state index contributed by atoms with van der Waals surface area (Å²) in [5.41, 5.74) is 0. The minimum atomic E-state index is 0.0451. The average Bonchev–Trinajstić information content (AvgIpc) is 2.07. The predicted molar refractivity (Wildman–Crippen MR) is 39.9 cm³/mol. The summed E-state index contributed by atoms with van der Waals surface area (Å²) in [7, 11) is 0. The zero-order chi connectivity index (χ0) is 7.94. The zero-order valence-electron chi connectivity index (χ0n) is 6.36. The first-order valence-corrected chi connectivity index (χ1v) is 3.82. The van der Waals surface area contributed by atoms with E-state index in [1.807, 2.05) is 12.2 Å². The molecule has 0 bridgehead atoms. The second-order valence-corrected chi connectivity index (χ2v) is 2.44. The molecule has 1 atom stereocenters. The number of hydrogen-bond donors (Lipinski definition) is 0. The van der Waals surface area contributed by atoms with E-state index < -0.39 is 0 Å². The molecule has 0 saturated carbocycles. The van der Waals surface area contributed by atoms with Crippen molar-refractivity contribution in [1.82, 2.24) is 0 Å². The monoisotopic (exact) mass is 156 g/mol. The summed E-state index contributed by atoms with van der Waals surface area (Å²) in [5.74, 6) is 0. The highest BCUT2D eigenvalue weighted by atomic mass is 17.2. The lowest BCUT2D eigenvalue weighted by Crippen LogP contribution is -2.14. The predicted octanol–water partition coefficient (Wildman–Crippen LogP) is 1.24. The van der Waals surface area contributed by atoms with E-state index in [0.29, 0.717) is 13.0 Å². The first kappa shape index (κ1) is 8.43. The number of carbonyl (C=O) groups is 1. The normalized spacial score (nSPS) is 23.5. The van der Waals surface area contributed by atoms with Crippen molar-refractivity contribution in [1.29, 1.82) is 0 Å². The molecule has 1 rings (SSSR count). The number of hydrogen-bond acceptors (Lipinski definition) is 3. The van der Waals surface area contributed by atoms with Gasteiger partial charge in [-0.2, -0.15) is 0 Å². The van der Waals surface area contributed by atoms with E-state index in [1.54, 1.807) is 0 Å². The van der Waals surface area contributed by atoms with Gasteiger partial charge in [-0.1, -0.05) is 12.2 Å². The molecule has 0 spiro atoms. The molecule has 0 aromatic rings. The van der Waals surface area contributed by atoms with Crippen LogP contribution < -0.4 is 0 Å². The maximum Gasteiger partial charge on any atom is 0.119 e. The maximum atomic E-state index is 9.96. The van der Waals surface area contributed by atoms with Gasteiger partial charge in [0.05, 0.1) is 0 Å². The molecule has 0 aromatic carbocycles. The Morgan fingerprint density at radius 1 is 1.64 bits per heavy atom. The quantitative estimate of drug-likeness (QED) is 0.266. The van der Waals surface area contributed by atoms with Gasteiger partial charge in [0.2, 0.25) is 0 Å². The molecule has 1 unspecified atom stereocenters. The maximum absolute atomic E-state index is 9.96. The van der Waals surface area contributed by atoms with Crippen molar-refractivity contribution in [2.24, 2.45) is 0 Å². The fourth-order valence-electron chi connectivity index (χ4n) is 0.952. The van der Waals surface area contributed by atoms with Crippen LogP contribution in [0.3, 0.4) is 0 Å². The number of aldehydes is 1. The third-order valence-electron chi connectivity index (χ3n) is 1.52. The van der Waals surface area contributed by atoms with Crippen molar-refractivity contribution < 1.29 is 14.6 Å². The number of unbranched alkanes of at least 4 members (excludes halogenated alkanes) is 1. The summed E-state index contributed by atoms with van der Waals surface area (Å²) >= 11 is 0. The Kier molecular flexibility index (Phi) is 3.86. The Hall–Kier alpha value is -0.670. The van der Waals surface area contributed by atoms with Crippen LogP contribution in [0.15, 0.2) is 12.2 Å². The molecular weight excluding hydrogens is 144 g/mol. The molecule has 3 nitrogen and oxygen atoms in total. The Balaban J connectivity index is 2.09. The Morgan fingerprint density at radius 3 is 3.18 bits per heavy atom. The third kappa shape index (κ3) is 3.30. The van der Waals surface area contributed by atoms with Gasteiger partial charge in [0.25, 0.3) is 0 Å². The fraction of sp³-hybridized carbons (Fsp3) is 0.625. The number of carbonyl (C=O) groups excluding carboxylic acids is 1. The molecule has 3 heteroatoms. The molecule has 0 saturated heterocycles. The highest BCUT2D eigenvalue weighted by molar-refractivity contribution is 5.48. The van der Waals surface area contributed by atoms with Gasteiger partial charge in [0.15, 0.2) is 0 Å². The van der Waals surface area contributed by atoms with Crippen LogP contribution in [-0.2, 0) is 14.6 Å². The Bertz CT molecular complexity index is 142. The van der Waals surface area contributed by atoms with Crippen LogP contribution >= 0.6 is 0 Å². The third-order valence-corrected chi connectivity index (χ3v) is 1.52. The lowest BCUT2D eigenvalue weighted by atomic mass is 10.1. The van der Waals surface area contributed by atoms with Crippen LogP contribution in [0.4, 0.5) is 0 Å².